The first-order valence-corrected chi connectivity index (χ1v) is 9.58. The van der Waals surface area contributed by atoms with Gasteiger partial charge in [0.15, 0.2) is 0 Å². The van der Waals surface area contributed by atoms with Gasteiger partial charge in [-0.15, -0.1) is 0 Å². The monoisotopic (exact) mass is 382 g/mol. The zero-order chi connectivity index (χ0) is 20.1. The van der Waals surface area contributed by atoms with E-state index in [1.165, 1.54) is 0 Å². The van der Waals surface area contributed by atoms with Crippen molar-refractivity contribution in [3.63, 3.8) is 0 Å². The van der Waals surface area contributed by atoms with Crippen molar-refractivity contribution in [1.82, 2.24) is 15.3 Å². The molecule has 5 nitrogen and oxygen atoms in total. The number of rotatable bonds is 6. The highest BCUT2D eigenvalue weighted by molar-refractivity contribution is 6.07. The highest BCUT2D eigenvalue weighted by Gasteiger charge is 2.14. The Balaban J connectivity index is 1.55. The van der Waals surface area contributed by atoms with Gasteiger partial charge in [0.2, 0.25) is 0 Å². The van der Waals surface area contributed by atoms with Gasteiger partial charge in [0.25, 0.3) is 5.91 Å². The molecular formula is C24H22N4O. The van der Waals surface area contributed by atoms with Crippen LogP contribution >= 0.6 is 0 Å². The van der Waals surface area contributed by atoms with Crippen molar-refractivity contribution in [3.8, 4) is 11.4 Å². The summed E-state index contributed by atoms with van der Waals surface area (Å²) >= 11 is 0. The molecule has 29 heavy (non-hydrogen) atoms. The highest BCUT2D eigenvalue weighted by atomic mass is 16.1. The van der Waals surface area contributed by atoms with Crippen LogP contribution in [0.1, 0.15) is 10.4 Å². The van der Waals surface area contributed by atoms with E-state index in [2.05, 4.69) is 32.3 Å². The number of fused-ring (bicyclic) bond motifs is 1. The van der Waals surface area contributed by atoms with E-state index in [1.54, 1.807) is 6.20 Å². The first-order valence-electron chi connectivity index (χ1n) is 9.58. The van der Waals surface area contributed by atoms with E-state index in [0.29, 0.717) is 24.3 Å². The van der Waals surface area contributed by atoms with Gasteiger partial charge in [-0.25, -0.2) is 4.98 Å². The van der Waals surface area contributed by atoms with Gasteiger partial charge in [0, 0.05) is 37.4 Å². The SMILES string of the molecule is CN(CCNC(=O)c1cc(-c2ccccn2)nc2ccccc12)c1ccccc1. The Bertz CT molecular complexity index is 1110. The standard InChI is InChI=1S/C24H22N4O/c1-28(18-9-3-2-4-10-18)16-15-26-24(29)20-17-23(22-13-7-8-14-25-22)27-21-12-6-5-11-19(20)21/h2-14,17H,15-16H2,1H3,(H,26,29). The number of nitrogens with zero attached hydrogens (tertiary/aromatic N) is 3. The average molecular weight is 382 g/mol. The fourth-order valence-corrected chi connectivity index (χ4v) is 3.25. The van der Waals surface area contributed by atoms with Crippen LogP contribution in [-0.4, -0.2) is 36.0 Å². The number of hydrogen-bond acceptors (Lipinski definition) is 4. The van der Waals surface area contributed by atoms with Gasteiger partial charge >= 0.3 is 0 Å². The Morgan fingerprint density at radius 1 is 0.931 bits per heavy atom. The van der Waals surface area contributed by atoms with Gasteiger partial charge in [-0.2, -0.15) is 0 Å². The summed E-state index contributed by atoms with van der Waals surface area (Å²) < 4.78 is 0. The molecule has 0 saturated heterocycles. The fraction of sp³-hybridized carbons (Fsp3) is 0.125. The summed E-state index contributed by atoms with van der Waals surface area (Å²) in [6.07, 6.45) is 1.73. The predicted molar refractivity (Wildman–Crippen MR) is 117 cm³/mol. The van der Waals surface area contributed by atoms with Crippen LogP contribution in [0.2, 0.25) is 0 Å². The summed E-state index contributed by atoms with van der Waals surface area (Å²) in [5, 5.41) is 3.88. The Morgan fingerprint density at radius 2 is 1.69 bits per heavy atom. The molecule has 1 N–H and O–H groups in total. The van der Waals surface area contributed by atoms with Crippen molar-refractivity contribution >= 4 is 22.5 Å². The highest BCUT2D eigenvalue weighted by Crippen LogP contribution is 2.23. The number of anilines is 1. The smallest absolute Gasteiger partial charge is 0.252 e. The molecule has 0 aliphatic heterocycles. The molecule has 0 atom stereocenters. The Labute approximate surface area is 170 Å². The number of pyridine rings is 2. The van der Waals surface area contributed by atoms with Gasteiger partial charge in [0.1, 0.15) is 0 Å². The number of carbonyl (C=O) groups excluding carboxylic acids is 1. The van der Waals surface area contributed by atoms with Gasteiger partial charge in [-0.05, 0) is 36.4 Å². The zero-order valence-corrected chi connectivity index (χ0v) is 16.2. The Hall–Kier alpha value is -3.73. The third-order valence-electron chi connectivity index (χ3n) is 4.82. The average Bonchev–Trinajstić information content (AvgIpc) is 2.79. The second kappa shape index (κ2) is 8.52. The van der Waals surface area contributed by atoms with Crippen LogP contribution in [-0.2, 0) is 0 Å². The zero-order valence-electron chi connectivity index (χ0n) is 16.2. The Kier molecular flexibility index (Phi) is 5.47. The molecule has 2 aromatic carbocycles. The maximum Gasteiger partial charge on any atom is 0.252 e. The second-order valence-corrected chi connectivity index (χ2v) is 6.80. The maximum atomic E-state index is 13.0. The number of benzene rings is 2. The number of likely N-dealkylation sites (N-methyl/N-ethyl adjacent to an activating group) is 1. The molecule has 1 amide bonds. The third kappa shape index (κ3) is 4.24. The van der Waals surface area contributed by atoms with E-state index in [1.807, 2.05) is 73.8 Å². The minimum atomic E-state index is -0.109. The summed E-state index contributed by atoms with van der Waals surface area (Å²) in [6, 6.07) is 25.3. The van der Waals surface area contributed by atoms with Gasteiger partial charge < -0.3 is 10.2 Å². The quantitative estimate of drug-likeness (QED) is 0.544. The van der Waals surface area contributed by atoms with Crippen molar-refractivity contribution in [2.75, 3.05) is 25.0 Å². The minimum absolute atomic E-state index is 0.109. The molecule has 0 fully saturated rings. The molecule has 2 aromatic heterocycles. The predicted octanol–water partition coefficient (Wildman–Crippen LogP) is 4.16. The van der Waals surface area contributed by atoms with E-state index in [4.69, 9.17) is 0 Å². The van der Waals surface area contributed by atoms with Crippen LogP contribution in [0, 0.1) is 0 Å². The molecule has 144 valence electrons. The number of carbonyl (C=O) groups is 1. The molecule has 4 rings (SSSR count). The van der Waals surface area contributed by atoms with Crippen molar-refractivity contribution in [2.24, 2.45) is 0 Å². The molecule has 4 aromatic rings. The van der Waals surface area contributed by atoms with Crippen molar-refractivity contribution < 1.29 is 4.79 Å². The van der Waals surface area contributed by atoms with Crippen LogP contribution in [0.15, 0.2) is 85.1 Å². The summed E-state index contributed by atoms with van der Waals surface area (Å²) in [5.74, 6) is -0.109. The normalized spacial score (nSPS) is 10.7. The molecular weight excluding hydrogens is 360 g/mol. The van der Waals surface area contributed by atoms with Crippen LogP contribution in [0.4, 0.5) is 5.69 Å². The molecule has 0 radical (unpaired) electrons. The van der Waals surface area contributed by atoms with E-state index in [9.17, 15) is 4.79 Å². The molecule has 0 saturated carbocycles. The number of nitrogens with one attached hydrogen (secondary N) is 1. The summed E-state index contributed by atoms with van der Waals surface area (Å²) in [7, 11) is 2.02. The van der Waals surface area contributed by atoms with Gasteiger partial charge in [0.05, 0.1) is 22.5 Å². The lowest BCUT2D eigenvalue weighted by atomic mass is 10.1. The molecule has 5 heteroatoms. The van der Waals surface area contributed by atoms with Crippen LogP contribution < -0.4 is 10.2 Å². The topological polar surface area (TPSA) is 58.1 Å². The lowest BCUT2D eigenvalue weighted by molar-refractivity contribution is 0.0956. The first kappa shape index (κ1) is 18.6. The van der Waals surface area contributed by atoms with Crippen molar-refractivity contribution in [1.29, 1.82) is 0 Å². The van der Waals surface area contributed by atoms with Crippen LogP contribution in [0.25, 0.3) is 22.3 Å². The largest absolute Gasteiger partial charge is 0.373 e. The van der Waals surface area contributed by atoms with Crippen LogP contribution in [0.5, 0.6) is 0 Å². The van der Waals surface area contributed by atoms with E-state index < -0.39 is 0 Å². The summed E-state index contributed by atoms with van der Waals surface area (Å²) in [4.78, 5) is 24.2. The van der Waals surface area contributed by atoms with Crippen molar-refractivity contribution in [2.45, 2.75) is 0 Å². The van der Waals surface area contributed by atoms with Crippen molar-refractivity contribution in [3.05, 3.63) is 90.6 Å². The molecule has 0 unspecified atom stereocenters. The summed E-state index contributed by atoms with van der Waals surface area (Å²) in [5.41, 5.74) is 3.95. The van der Waals surface area contributed by atoms with Crippen LogP contribution in [0.3, 0.4) is 0 Å². The van der Waals surface area contributed by atoms with Gasteiger partial charge in [-0.3, -0.25) is 9.78 Å². The van der Waals surface area contributed by atoms with Gasteiger partial charge in [-0.1, -0.05) is 42.5 Å². The molecule has 0 aliphatic rings. The maximum absolute atomic E-state index is 13.0. The summed E-state index contributed by atoms with van der Waals surface area (Å²) in [6.45, 7) is 1.26. The number of amides is 1. The van der Waals surface area contributed by atoms with E-state index in [-0.39, 0.29) is 5.91 Å². The lowest BCUT2D eigenvalue weighted by Crippen LogP contribution is -2.33. The number of hydrogen-bond donors (Lipinski definition) is 1. The number of para-hydroxylation sites is 2. The first-order chi connectivity index (χ1) is 14.2. The second-order valence-electron chi connectivity index (χ2n) is 6.80. The lowest BCUT2D eigenvalue weighted by Gasteiger charge is -2.19. The molecule has 0 bridgehead atoms. The molecule has 2 heterocycles. The Morgan fingerprint density at radius 3 is 2.48 bits per heavy atom. The van der Waals surface area contributed by atoms with E-state index in [0.717, 1.165) is 22.3 Å². The van der Waals surface area contributed by atoms with E-state index >= 15 is 0 Å². The minimum Gasteiger partial charge on any atom is -0.373 e. The fourth-order valence-electron chi connectivity index (χ4n) is 3.25. The third-order valence-corrected chi connectivity index (χ3v) is 4.82. The molecule has 0 spiro atoms. The molecule has 0 aliphatic carbocycles. The number of aromatic nitrogens is 2.